The number of hydrogen-bond donors (Lipinski definition) is 2. The number of H-pyrrole nitrogens is 1. The van der Waals surface area contributed by atoms with E-state index < -0.39 is 0 Å². The fourth-order valence-corrected chi connectivity index (χ4v) is 5.93. The van der Waals surface area contributed by atoms with Gasteiger partial charge in [-0.25, -0.2) is 9.37 Å². The molecule has 0 unspecified atom stereocenters. The van der Waals surface area contributed by atoms with Gasteiger partial charge < -0.3 is 10.2 Å². The lowest BCUT2D eigenvalue weighted by atomic mass is 9.95. The molecule has 1 saturated heterocycles. The second-order valence-corrected chi connectivity index (χ2v) is 10.0. The number of nitrogens with zero attached hydrogens (tertiary/aromatic N) is 2. The normalized spacial score (nSPS) is 18.4. The van der Waals surface area contributed by atoms with Crippen LogP contribution < -0.4 is 15.8 Å². The summed E-state index contributed by atoms with van der Waals surface area (Å²) in [5.74, 6) is 0.320. The first kappa shape index (κ1) is 22.1. The molecule has 3 aromatic rings. The number of carbonyl (C=O) groups excluding carboxylic acids is 1. The number of hydrogen-bond acceptors (Lipinski definition) is 5. The van der Waals surface area contributed by atoms with Crippen molar-refractivity contribution in [2.45, 2.75) is 57.4 Å². The van der Waals surface area contributed by atoms with E-state index in [1.165, 1.54) is 43.1 Å². The van der Waals surface area contributed by atoms with Crippen LogP contribution in [0.25, 0.3) is 21.3 Å². The lowest BCUT2D eigenvalue weighted by molar-refractivity contribution is -0.126. The van der Waals surface area contributed by atoms with Crippen LogP contribution in [-0.4, -0.2) is 35.0 Å². The first-order valence-corrected chi connectivity index (χ1v) is 12.8. The van der Waals surface area contributed by atoms with Crippen molar-refractivity contribution in [3.05, 3.63) is 45.8 Å². The zero-order valence-corrected chi connectivity index (χ0v) is 19.4. The zero-order chi connectivity index (χ0) is 22.8. The maximum absolute atomic E-state index is 14.4. The van der Waals surface area contributed by atoms with Gasteiger partial charge >= 0.3 is 0 Å². The van der Waals surface area contributed by atoms with Gasteiger partial charge in [-0.1, -0.05) is 43.9 Å². The molecule has 1 aromatic carbocycles. The van der Waals surface area contributed by atoms with Crippen molar-refractivity contribution in [1.82, 2.24) is 15.3 Å². The largest absolute Gasteiger partial charge is 0.353 e. The summed E-state index contributed by atoms with van der Waals surface area (Å²) in [5, 5.41) is 5.07. The molecular formula is C25H29FN4O2S. The minimum Gasteiger partial charge on any atom is -0.353 e. The van der Waals surface area contributed by atoms with Crippen molar-refractivity contribution < 1.29 is 9.18 Å². The second kappa shape index (κ2) is 9.63. The standard InChI is InChI=1S/C25H29FN4O2S/c26-20-10-6-5-9-18(20)19-15-33-22-21(19)28-25(29-24(22)32)30-13-11-16(12-14-30)23(31)27-17-7-3-1-2-4-8-17/h5-6,9-10,15-17H,1-4,7-8,11-14H2,(H,27,31)(H,28,29,32). The van der Waals surface area contributed by atoms with E-state index in [0.29, 0.717) is 46.4 Å². The Balaban J connectivity index is 1.30. The minimum atomic E-state index is -0.332. The SMILES string of the molecule is O=C(NC1CCCCCC1)C1CCN(c2nc3c(-c4ccccc4F)csc3c(=O)[nH]2)CC1. The number of nitrogens with one attached hydrogen (secondary N) is 2. The summed E-state index contributed by atoms with van der Waals surface area (Å²) in [7, 11) is 0. The smallest absolute Gasteiger partial charge is 0.270 e. The first-order chi connectivity index (χ1) is 16.1. The van der Waals surface area contributed by atoms with Crippen LogP contribution in [0.1, 0.15) is 51.4 Å². The number of anilines is 1. The number of halogens is 1. The van der Waals surface area contributed by atoms with E-state index in [-0.39, 0.29) is 23.2 Å². The third-order valence-corrected chi connectivity index (χ3v) is 7.91. The molecule has 8 heteroatoms. The third-order valence-electron chi connectivity index (χ3n) is 6.94. The minimum absolute atomic E-state index is 0.00456. The van der Waals surface area contributed by atoms with Gasteiger partial charge in [0.1, 0.15) is 10.5 Å². The number of piperidine rings is 1. The molecule has 6 nitrogen and oxygen atoms in total. The fraction of sp³-hybridized carbons (Fsp3) is 0.480. The summed E-state index contributed by atoms with van der Waals surface area (Å²) in [4.78, 5) is 35.2. The molecular weight excluding hydrogens is 439 g/mol. The van der Waals surface area contributed by atoms with Crippen molar-refractivity contribution in [1.29, 1.82) is 0 Å². The number of rotatable bonds is 4. The average molecular weight is 469 g/mol. The Labute approximate surface area is 196 Å². The summed E-state index contributed by atoms with van der Waals surface area (Å²) in [6.45, 7) is 1.30. The lowest BCUT2D eigenvalue weighted by Crippen LogP contribution is -2.44. The summed E-state index contributed by atoms with van der Waals surface area (Å²) < 4.78 is 14.9. The molecule has 1 amide bonds. The number of carbonyl (C=O) groups is 1. The van der Waals surface area contributed by atoms with Gasteiger partial charge in [-0.2, -0.15) is 0 Å². The molecule has 0 atom stereocenters. The van der Waals surface area contributed by atoms with Crippen LogP contribution in [-0.2, 0) is 4.79 Å². The van der Waals surface area contributed by atoms with Gasteiger partial charge in [0.05, 0.1) is 5.52 Å². The van der Waals surface area contributed by atoms with Crippen LogP contribution in [0.4, 0.5) is 10.3 Å². The molecule has 0 spiro atoms. The Bertz CT molecular complexity index is 1190. The third kappa shape index (κ3) is 4.67. The molecule has 2 N–H and O–H groups in total. The van der Waals surface area contributed by atoms with E-state index in [9.17, 15) is 14.0 Å². The van der Waals surface area contributed by atoms with Crippen molar-refractivity contribution in [3.8, 4) is 11.1 Å². The van der Waals surface area contributed by atoms with E-state index >= 15 is 0 Å². The number of benzene rings is 1. The van der Waals surface area contributed by atoms with E-state index in [1.54, 1.807) is 23.6 Å². The van der Waals surface area contributed by atoms with Crippen LogP contribution in [0.3, 0.4) is 0 Å². The van der Waals surface area contributed by atoms with Crippen LogP contribution in [0.5, 0.6) is 0 Å². The number of fused-ring (bicyclic) bond motifs is 1. The van der Waals surface area contributed by atoms with E-state index in [1.807, 2.05) is 4.90 Å². The summed E-state index contributed by atoms with van der Waals surface area (Å²) >= 11 is 1.28. The van der Waals surface area contributed by atoms with Crippen LogP contribution >= 0.6 is 11.3 Å². The molecule has 2 fully saturated rings. The van der Waals surface area contributed by atoms with Gasteiger partial charge in [-0.05, 0) is 31.7 Å². The molecule has 2 aromatic heterocycles. The number of amides is 1. The van der Waals surface area contributed by atoms with Gasteiger partial charge in [-0.3, -0.25) is 14.6 Å². The molecule has 0 bridgehead atoms. The average Bonchev–Trinajstić information content (AvgIpc) is 3.09. The quantitative estimate of drug-likeness (QED) is 0.537. The molecule has 33 heavy (non-hydrogen) atoms. The molecule has 0 radical (unpaired) electrons. The van der Waals surface area contributed by atoms with Gasteiger partial charge in [0.25, 0.3) is 5.56 Å². The lowest BCUT2D eigenvalue weighted by Gasteiger charge is -2.32. The molecule has 5 rings (SSSR count). The van der Waals surface area contributed by atoms with Gasteiger partial charge in [0, 0.05) is 41.6 Å². The highest BCUT2D eigenvalue weighted by Crippen LogP contribution is 2.33. The van der Waals surface area contributed by atoms with Gasteiger partial charge in [-0.15, -0.1) is 11.3 Å². The number of aromatic nitrogens is 2. The maximum Gasteiger partial charge on any atom is 0.270 e. The van der Waals surface area contributed by atoms with Crippen molar-refractivity contribution in [2.24, 2.45) is 5.92 Å². The summed E-state index contributed by atoms with van der Waals surface area (Å²) in [5.41, 5.74) is 1.40. The predicted octanol–water partition coefficient (Wildman–Crippen LogP) is 4.85. The Morgan fingerprint density at radius 1 is 1.06 bits per heavy atom. The van der Waals surface area contributed by atoms with Crippen molar-refractivity contribution in [3.63, 3.8) is 0 Å². The summed E-state index contributed by atoms with van der Waals surface area (Å²) in [6, 6.07) is 6.86. The highest BCUT2D eigenvalue weighted by molar-refractivity contribution is 7.17. The van der Waals surface area contributed by atoms with Crippen LogP contribution in [0, 0.1) is 11.7 Å². The summed E-state index contributed by atoms with van der Waals surface area (Å²) in [6.07, 6.45) is 8.55. The van der Waals surface area contributed by atoms with Crippen molar-refractivity contribution in [2.75, 3.05) is 18.0 Å². The van der Waals surface area contributed by atoms with Gasteiger partial charge in [0.15, 0.2) is 0 Å². The second-order valence-electron chi connectivity index (χ2n) is 9.15. The van der Waals surface area contributed by atoms with E-state index in [2.05, 4.69) is 10.3 Å². The predicted molar refractivity (Wildman–Crippen MR) is 130 cm³/mol. The maximum atomic E-state index is 14.4. The Kier molecular flexibility index (Phi) is 6.44. The monoisotopic (exact) mass is 468 g/mol. The van der Waals surface area contributed by atoms with Crippen LogP contribution in [0.2, 0.25) is 0 Å². The first-order valence-electron chi connectivity index (χ1n) is 11.9. The Morgan fingerprint density at radius 3 is 2.52 bits per heavy atom. The highest BCUT2D eigenvalue weighted by atomic mass is 32.1. The Morgan fingerprint density at radius 2 is 1.79 bits per heavy atom. The topological polar surface area (TPSA) is 78.1 Å². The molecule has 174 valence electrons. The van der Waals surface area contributed by atoms with Crippen molar-refractivity contribution >= 4 is 33.4 Å². The molecule has 3 heterocycles. The molecule has 1 aliphatic heterocycles. The number of thiophene rings is 1. The molecule has 1 aliphatic carbocycles. The van der Waals surface area contributed by atoms with Gasteiger partial charge in [0.2, 0.25) is 11.9 Å². The highest BCUT2D eigenvalue weighted by Gasteiger charge is 2.28. The van der Waals surface area contributed by atoms with E-state index in [4.69, 9.17) is 4.98 Å². The van der Waals surface area contributed by atoms with E-state index in [0.717, 1.165) is 25.7 Å². The number of aromatic amines is 1. The fourth-order valence-electron chi connectivity index (χ4n) is 5.03. The molecule has 2 aliphatic rings. The molecule has 1 saturated carbocycles. The Hall–Kier alpha value is -2.74. The van der Waals surface area contributed by atoms with Crippen LogP contribution in [0.15, 0.2) is 34.4 Å². The zero-order valence-electron chi connectivity index (χ0n) is 18.6.